The number of ether oxygens (including phenoxy) is 1. The summed E-state index contributed by atoms with van der Waals surface area (Å²) in [7, 11) is 1.64. The van der Waals surface area contributed by atoms with E-state index in [0.717, 1.165) is 22.4 Å². The zero-order chi connectivity index (χ0) is 22.2. The number of thioether (sulfide) groups is 1. The molecule has 4 aromatic rings. The number of carbonyl (C=O) groups excluding carboxylic acids is 1. The van der Waals surface area contributed by atoms with Gasteiger partial charge in [0.25, 0.3) is 0 Å². The Bertz CT molecular complexity index is 1130. The average Bonchev–Trinajstić information content (AvgIpc) is 3.32. The van der Waals surface area contributed by atoms with Gasteiger partial charge in [0.05, 0.1) is 7.11 Å². The maximum atomic E-state index is 12.7. The van der Waals surface area contributed by atoms with E-state index in [2.05, 4.69) is 20.5 Å². The third-order valence-corrected chi connectivity index (χ3v) is 6.07. The van der Waals surface area contributed by atoms with Gasteiger partial charge < -0.3 is 10.1 Å². The molecule has 0 aliphatic rings. The minimum Gasteiger partial charge on any atom is -0.497 e. The summed E-state index contributed by atoms with van der Waals surface area (Å²) in [5, 5.41) is 10.8. The lowest BCUT2D eigenvalue weighted by Gasteiger charge is -2.16. The Morgan fingerprint density at radius 1 is 1.00 bits per heavy atom. The van der Waals surface area contributed by atoms with Crippen molar-refractivity contribution in [1.29, 1.82) is 0 Å². The van der Waals surface area contributed by atoms with Crippen molar-refractivity contribution in [3.8, 4) is 17.1 Å². The highest BCUT2D eigenvalue weighted by Crippen LogP contribution is 2.37. The molecule has 1 aromatic heterocycles. The van der Waals surface area contributed by atoms with E-state index in [1.807, 2.05) is 84.9 Å². The first-order valence-electron chi connectivity index (χ1n) is 10.3. The fraction of sp³-hybridized carbons (Fsp3) is 0.160. The molecule has 1 unspecified atom stereocenters. The summed E-state index contributed by atoms with van der Waals surface area (Å²) < 4.78 is 5.27. The molecule has 7 heteroatoms. The van der Waals surface area contributed by atoms with Crippen LogP contribution in [0.15, 0.2) is 90.1 Å². The van der Waals surface area contributed by atoms with Crippen LogP contribution in [0.2, 0.25) is 0 Å². The highest BCUT2D eigenvalue weighted by molar-refractivity contribution is 7.99. The number of amides is 1. The first kappa shape index (κ1) is 21.6. The summed E-state index contributed by atoms with van der Waals surface area (Å²) in [6.07, 6.45) is 0.305. The summed E-state index contributed by atoms with van der Waals surface area (Å²) in [5.41, 5.74) is 3.04. The van der Waals surface area contributed by atoms with Crippen LogP contribution in [-0.2, 0) is 11.3 Å². The number of aromatic amines is 1. The van der Waals surface area contributed by atoms with Crippen LogP contribution < -0.4 is 10.1 Å². The minimum atomic E-state index is -0.142. The standard InChI is InChI=1S/C25H24N4O2S/c1-31-21-14-12-19(13-15-21)22(16-23(30)26-17-18-8-4-2-5-9-18)32-25-27-24(28-29-25)20-10-6-3-7-11-20/h2-15,22H,16-17H2,1H3,(H,26,30)(H,27,28,29). The van der Waals surface area contributed by atoms with Crippen LogP contribution in [0, 0.1) is 0 Å². The van der Waals surface area contributed by atoms with Gasteiger partial charge in [-0.05, 0) is 23.3 Å². The maximum Gasteiger partial charge on any atom is 0.221 e. The Morgan fingerprint density at radius 2 is 1.69 bits per heavy atom. The first-order valence-corrected chi connectivity index (χ1v) is 11.2. The maximum absolute atomic E-state index is 12.7. The second-order valence-electron chi connectivity index (χ2n) is 7.18. The van der Waals surface area contributed by atoms with Crippen molar-refractivity contribution in [3.05, 3.63) is 96.1 Å². The number of carbonyl (C=O) groups is 1. The lowest BCUT2D eigenvalue weighted by molar-refractivity contribution is -0.121. The number of H-pyrrole nitrogens is 1. The van der Waals surface area contributed by atoms with Crippen LogP contribution in [0.1, 0.15) is 22.8 Å². The normalized spacial score (nSPS) is 11.7. The van der Waals surface area contributed by atoms with E-state index < -0.39 is 0 Å². The van der Waals surface area contributed by atoms with Crippen molar-refractivity contribution < 1.29 is 9.53 Å². The zero-order valence-electron chi connectivity index (χ0n) is 17.7. The van der Waals surface area contributed by atoms with Crippen molar-refractivity contribution in [2.45, 2.75) is 23.4 Å². The van der Waals surface area contributed by atoms with Crippen LogP contribution >= 0.6 is 11.8 Å². The summed E-state index contributed by atoms with van der Waals surface area (Å²) >= 11 is 1.47. The monoisotopic (exact) mass is 444 g/mol. The predicted molar refractivity (Wildman–Crippen MR) is 126 cm³/mol. The molecule has 0 saturated carbocycles. The number of aromatic nitrogens is 3. The molecular formula is C25H24N4O2S. The third kappa shape index (κ3) is 5.76. The van der Waals surface area contributed by atoms with Gasteiger partial charge in [0.1, 0.15) is 5.75 Å². The second kappa shape index (κ2) is 10.6. The van der Waals surface area contributed by atoms with Crippen LogP contribution in [0.25, 0.3) is 11.4 Å². The van der Waals surface area contributed by atoms with Crippen molar-refractivity contribution in [3.63, 3.8) is 0 Å². The molecular weight excluding hydrogens is 420 g/mol. The highest BCUT2D eigenvalue weighted by Gasteiger charge is 2.20. The molecule has 4 rings (SSSR count). The van der Waals surface area contributed by atoms with Gasteiger partial charge in [-0.15, -0.1) is 5.10 Å². The van der Waals surface area contributed by atoms with Crippen molar-refractivity contribution in [1.82, 2.24) is 20.5 Å². The lowest BCUT2D eigenvalue weighted by atomic mass is 10.1. The predicted octanol–water partition coefficient (Wildman–Crippen LogP) is 5.02. The molecule has 0 fully saturated rings. The summed E-state index contributed by atoms with van der Waals surface area (Å²) in [5.74, 6) is 1.45. The molecule has 3 aromatic carbocycles. The van der Waals surface area contributed by atoms with Crippen molar-refractivity contribution in [2.24, 2.45) is 0 Å². The van der Waals surface area contributed by atoms with Gasteiger partial charge in [0.2, 0.25) is 11.1 Å². The quantitative estimate of drug-likeness (QED) is 0.354. The summed E-state index contributed by atoms with van der Waals surface area (Å²) in [6, 6.07) is 27.5. The molecule has 0 aliphatic heterocycles. The topological polar surface area (TPSA) is 79.9 Å². The lowest BCUT2D eigenvalue weighted by Crippen LogP contribution is -2.24. The number of methoxy groups -OCH3 is 1. The second-order valence-corrected chi connectivity index (χ2v) is 8.35. The molecule has 0 spiro atoms. The average molecular weight is 445 g/mol. The highest BCUT2D eigenvalue weighted by atomic mass is 32.2. The van der Waals surface area contributed by atoms with E-state index in [1.165, 1.54) is 11.8 Å². The molecule has 0 bridgehead atoms. The molecule has 0 aliphatic carbocycles. The van der Waals surface area contributed by atoms with Gasteiger partial charge >= 0.3 is 0 Å². The molecule has 0 saturated heterocycles. The zero-order valence-corrected chi connectivity index (χ0v) is 18.5. The van der Waals surface area contributed by atoms with E-state index in [9.17, 15) is 4.79 Å². The number of hydrogen-bond acceptors (Lipinski definition) is 5. The van der Waals surface area contributed by atoms with Crippen LogP contribution in [0.5, 0.6) is 5.75 Å². The molecule has 1 amide bonds. The Balaban J connectivity index is 1.48. The van der Waals surface area contributed by atoms with Gasteiger partial charge in [-0.3, -0.25) is 9.89 Å². The molecule has 0 radical (unpaired) electrons. The fourth-order valence-corrected chi connectivity index (χ4v) is 4.26. The molecule has 1 atom stereocenters. The Labute approximate surface area is 191 Å². The third-order valence-electron chi connectivity index (χ3n) is 4.95. The van der Waals surface area contributed by atoms with Gasteiger partial charge in [-0.1, -0.05) is 84.6 Å². The van der Waals surface area contributed by atoms with E-state index in [0.29, 0.717) is 23.9 Å². The summed E-state index contributed by atoms with van der Waals surface area (Å²) in [4.78, 5) is 17.4. The number of hydrogen-bond donors (Lipinski definition) is 2. The minimum absolute atomic E-state index is 0.0269. The van der Waals surface area contributed by atoms with Gasteiger partial charge in [-0.2, -0.15) is 0 Å². The van der Waals surface area contributed by atoms with Gasteiger partial charge in [-0.25, -0.2) is 4.98 Å². The molecule has 1 heterocycles. The van der Waals surface area contributed by atoms with E-state index in [-0.39, 0.29) is 11.2 Å². The van der Waals surface area contributed by atoms with Crippen LogP contribution in [0.3, 0.4) is 0 Å². The van der Waals surface area contributed by atoms with Gasteiger partial charge in [0, 0.05) is 23.8 Å². The van der Waals surface area contributed by atoms with Crippen LogP contribution in [0.4, 0.5) is 0 Å². The van der Waals surface area contributed by atoms with Crippen molar-refractivity contribution in [2.75, 3.05) is 7.11 Å². The Kier molecular flexibility index (Phi) is 7.19. The Morgan fingerprint density at radius 3 is 2.38 bits per heavy atom. The molecule has 162 valence electrons. The summed E-state index contributed by atoms with van der Waals surface area (Å²) in [6.45, 7) is 0.498. The first-order chi connectivity index (χ1) is 15.7. The number of benzene rings is 3. The number of nitrogens with zero attached hydrogens (tertiary/aromatic N) is 2. The molecule has 6 nitrogen and oxygen atoms in total. The molecule has 2 N–H and O–H groups in total. The number of rotatable bonds is 9. The fourth-order valence-electron chi connectivity index (χ4n) is 3.23. The largest absolute Gasteiger partial charge is 0.497 e. The Hall–Kier alpha value is -3.58. The van der Waals surface area contributed by atoms with Gasteiger partial charge in [0.15, 0.2) is 5.82 Å². The van der Waals surface area contributed by atoms with Crippen LogP contribution in [-0.4, -0.2) is 28.2 Å². The van der Waals surface area contributed by atoms with Crippen molar-refractivity contribution >= 4 is 17.7 Å². The smallest absolute Gasteiger partial charge is 0.221 e. The number of nitrogens with one attached hydrogen (secondary N) is 2. The SMILES string of the molecule is COc1ccc(C(CC(=O)NCc2ccccc2)Sc2n[nH]c(-c3ccccc3)n2)cc1. The van der Waals surface area contributed by atoms with E-state index in [4.69, 9.17) is 4.74 Å². The van der Waals surface area contributed by atoms with E-state index in [1.54, 1.807) is 7.11 Å². The molecule has 32 heavy (non-hydrogen) atoms. The van der Waals surface area contributed by atoms with E-state index >= 15 is 0 Å².